The minimum absolute atomic E-state index is 0.00210. The summed E-state index contributed by atoms with van der Waals surface area (Å²) in [5, 5.41) is 0.283. The van der Waals surface area contributed by atoms with E-state index in [4.69, 9.17) is 16.3 Å². The van der Waals surface area contributed by atoms with Crippen LogP contribution < -0.4 is 0 Å². The molecule has 0 amide bonds. The molecular formula is C8H11ClO2. The molecule has 1 aliphatic carbocycles. The molecule has 11 heavy (non-hydrogen) atoms. The van der Waals surface area contributed by atoms with Crippen LogP contribution in [0.4, 0.5) is 0 Å². The summed E-state index contributed by atoms with van der Waals surface area (Å²) in [5.74, 6) is 0.998. The Balaban J connectivity index is 2.85. The highest BCUT2D eigenvalue weighted by molar-refractivity contribution is 6.43. The summed E-state index contributed by atoms with van der Waals surface area (Å²) in [4.78, 5) is 11.1. The molecule has 0 aliphatic heterocycles. The van der Waals surface area contributed by atoms with Gasteiger partial charge < -0.3 is 4.74 Å². The zero-order valence-corrected chi connectivity index (χ0v) is 7.44. The second-order valence-corrected chi connectivity index (χ2v) is 3.26. The van der Waals surface area contributed by atoms with E-state index in [2.05, 4.69) is 0 Å². The molecule has 0 bridgehead atoms. The van der Waals surface area contributed by atoms with Crippen LogP contribution in [0.1, 0.15) is 19.8 Å². The van der Waals surface area contributed by atoms with Crippen LogP contribution in [0.2, 0.25) is 0 Å². The fourth-order valence-corrected chi connectivity index (χ4v) is 1.44. The molecule has 0 aromatic carbocycles. The molecule has 0 radical (unpaired) electrons. The standard InChI is InChI=1S/C8H11ClO2/c1-5-3-6(10)8(9)7(4-5)11-2/h5H,3-4H2,1-2H3/t5-/m0/s1. The molecular weight excluding hydrogens is 164 g/mol. The molecule has 0 unspecified atom stereocenters. The quantitative estimate of drug-likeness (QED) is 0.609. The SMILES string of the molecule is COC1=C(Cl)C(=O)C[C@H](C)C1. The Morgan fingerprint density at radius 1 is 1.55 bits per heavy atom. The van der Waals surface area contributed by atoms with E-state index in [0.717, 1.165) is 6.42 Å². The smallest absolute Gasteiger partial charge is 0.177 e. The number of ether oxygens (including phenoxy) is 1. The number of Topliss-reactive ketones (excluding diaryl/α,β-unsaturated/α-hetero) is 1. The number of hydrogen-bond acceptors (Lipinski definition) is 2. The van der Waals surface area contributed by atoms with Crippen LogP contribution >= 0.6 is 11.6 Å². The summed E-state index contributed by atoms with van der Waals surface area (Å²) in [7, 11) is 1.54. The van der Waals surface area contributed by atoms with Crippen molar-refractivity contribution in [3.63, 3.8) is 0 Å². The normalized spacial score (nSPS) is 25.7. The number of carbonyl (C=O) groups excluding carboxylic acids is 1. The number of rotatable bonds is 1. The van der Waals surface area contributed by atoms with E-state index in [-0.39, 0.29) is 10.8 Å². The molecule has 3 heteroatoms. The number of carbonyl (C=O) groups is 1. The highest BCUT2D eigenvalue weighted by atomic mass is 35.5. The van der Waals surface area contributed by atoms with E-state index < -0.39 is 0 Å². The van der Waals surface area contributed by atoms with E-state index >= 15 is 0 Å². The van der Waals surface area contributed by atoms with E-state index in [9.17, 15) is 4.79 Å². The first kappa shape index (κ1) is 8.60. The average Bonchev–Trinajstić information content (AvgIpc) is 1.96. The van der Waals surface area contributed by atoms with Crippen LogP contribution in [0.15, 0.2) is 10.8 Å². The van der Waals surface area contributed by atoms with E-state index in [0.29, 0.717) is 18.1 Å². The van der Waals surface area contributed by atoms with Gasteiger partial charge in [0.1, 0.15) is 10.8 Å². The summed E-state index contributed by atoms with van der Waals surface area (Å²) in [5.41, 5.74) is 0. The van der Waals surface area contributed by atoms with Crippen molar-refractivity contribution in [1.29, 1.82) is 0 Å². The van der Waals surface area contributed by atoms with Gasteiger partial charge >= 0.3 is 0 Å². The van der Waals surface area contributed by atoms with Crippen molar-refractivity contribution in [3.05, 3.63) is 10.8 Å². The van der Waals surface area contributed by atoms with Crippen molar-refractivity contribution in [3.8, 4) is 0 Å². The molecule has 0 saturated carbocycles. The van der Waals surface area contributed by atoms with Crippen molar-refractivity contribution in [2.75, 3.05) is 7.11 Å². The molecule has 1 aliphatic rings. The maximum atomic E-state index is 11.1. The topological polar surface area (TPSA) is 26.3 Å². The van der Waals surface area contributed by atoms with Crippen LogP contribution in [0.5, 0.6) is 0 Å². The Kier molecular flexibility index (Phi) is 2.55. The van der Waals surface area contributed by atoms with E-state index in [1.807, 2.05) is 6.92 Å². The molecule has 0 spiro atoms. The Hall–Kier alpha value is -0.500. The molecule has 0 aromatic rings. The molecule has 0 heterocycles. The van der Waals surface area contributed by atoms with E-state index in [1.54, 1.807) is 7.11 Å². The number of halogens is 1. The lowest BCUT2D eigenvalue weighted by atomic mass is 9.94. The van der Waals surface area contributed by atoms with Crippen molar-refractivity contribution >= 4 is 17.4 Å². The maximum absolute atomic E-state index is 11.1. The zero-order chi connectivity index (χ0) is 8.43. The molecule has 0 saturated heterocycles. The fraction of sp³-hybridized carbons (Fsp3) is 0.625. The van der Waals surface area contributed by atoms with Gasteiger partial charge in [0, 0.05) is 12.8 Å². The third kappa shape index (κ3) is 1.74. The van der Waals surface area contributed by atoms with Crippen molar-refractivity contribution in [1.82, 2.24) is 0 Å². The number of ketones is 1. The monoisotopic (exact) mass is 174 g/mol. The summed E-state index contributed by atoms with van der Waals surface area (Å²) in [6, 6.07) is 0. The lowest BCUT2D eigenvalue weighted by molar-refractivity contribution is -0.116. The van der Waals surface area contributed by atoms with Gasteiger partial charge in [-0.25, -0.2) is 0 Å². The predicted octanol–water partition coefficient (Wildman–Crippen LogP) is 2.08. The second-order valence-electron chi connectivity index (χ2n) is 2.88. The molecule has 2 nitrogen and oxygen atoms in total. The first-order valence-electron chi connectivity index (χ1n) is 3.61. The predicted molar refractivity (Wildman–Crippen MR) is 43.3 cm³/mol. The van der Waals surface area contributed by atoms with E-state index in [1.165, 1.54) is 0 Å². The largest absolute Gasteiger partial charge is 0.499 e. The van der Waals surface area contributed by atoms with Gasteiger partial charge in [0.25, 0.3) is 0 Å². The third-order valence-electron chi connectivity index (χ3n) is 1.80. The molecule has 0 aromatic heterocycles. The van der Waals surface area contributed by atoms with Gasteiger partial charge in [0.15, 0.2) is 5.78 Å². The summed E-state index contributed by atoms with van der Waals surface area (Å²) >= 11 is 5.70. The highest BCUT2D eigenvalue weighted by Gasteiger charge is 2.24. The van der Waals surface area contributed by atoms with Gasteiger partial charge in [-0.2, -0.15) is 0 Å². The Morgan fingerprint density at radius 2 is 2.18 bits per heavy atom. The lowest BCUT2D eigenvalue weighted by Gasteiger charge is -2.19. The van der Waals surface area contributed by atoms with Crippen molar-refractivity contribution in [2.45, 2.75) is 19.8 Å². The lowest BCUT2D eigenvalue weighted by Crippen LogP contribution is -2.15. The number of methoxy groups -OCH3 is 1. The first-order chi connectivity index (χ1) is 5.15. The first-order valence-corrected chi connectivity index (χ1v) is 3.98. The van der Waals surface area contributed by atoms with Crippen LogP contribution in [0.3, 0.4) is 0 Å². The van der Waals surface area contributed by atoms with Crippen LogP contribution in [0.25, 0.3) is 0 Å². The van der Waals surface area contributed by atoms with Gasteiger partial charge in [0.2, 0.25) is 0 Å². The van der Waals surface area contributed by atoms with Gasteiger partial charge in [0.05, 0.1) is 7.11 Å². The van der Waals surface area contributed by atoms with Gasteiger partial charge in [-0.05, 0) is 5.92 Å². The summed E-state index contributed by atoms with van der Waals surface area (Å²) < 4.78 is 4.97. The van der Waals surface area contributed by atoms with Gasteiger partial charge in [-0.3, -0.25) is 4.79 Å². The summed E-state index contributed by atoms with van der Waals surface area (Å²) in [6.07, 6.45) is 1.33. The Bertz CT molecular complexity index is 208. The third-order valence-corrected chi connectivity index (χ3v) is 2.23. The molecule has 1 atom stereocenters. The zero-order valence-electron chi connectivity index (χ0n) is 6.69. The van der Waals surface area contributed by atoms with Crippen molar-refractivity contribution < 1.29 is 9.53 Å². The average molecular weight is 175 g/mol. The highest BCUT2D eigenvalue weighted by Crippen LogP contribution is 2.28. The second kappa shape index (κ2) is 3.26. The Labute approximate surface area is 71.2 Å². The molecule has 1 rings (SSSR count). The van der Waals surface area contributed by atoms with Crippen LogP contribution in [0, 0.1) is 5.92 Å². The number of allylic oxidation sites excluding steroid dienone is 2. The van der Waals surface area contributed by atoms with Crippen molar-refractivity contribution in [2.24, 2.45) is 5.92 Å². The van der Waals surface area contributed by atoms with Gasteiger partial charge in [-0.1, -0.05) is 18.5 Å². The summed E-state index contributed by atoms with van der Waals surface area (Å²) in [6.45, 7) is 2.01. The fourth-order valence-electron chi connectivity index (χ4n) is 1.21. The maximum Gasteiger partial charge on any atom is 0.177 e. The minimum atomic E-state index is 0.00210. The molecule has 0 N–H and O–H groups in total. The Morgan fingerprint density at radius 3 is 2.73 bits per heavy atom. The van der Waals surface area contributed by atoms with Crippen LogP contribution in [-0.2, 0) is 9.53 Å². The van der Waals surface area contributed by atoms with Gasteiger partial charge in [-0.15, -0.1) is 0 Å². The molecule has 62 valence electrons. The van der Waals surface area contributed by atoms with Crippen LogP contribution in [-0.4, -0.2) is 12.9 Å². The number of hydrogen-bond donors (Lipinski definition) is 0. The molecule has 0 fully saturated rings. The minimum Gasteiger partial charge on any atom is -0.499 e.